The van der Waals surface area contributed by atoms with E-state index in [0.29, 0.717) is 12.3 Å². The van der Waals surface area contributed by atoms with Gasteiger partial charge in [-0.3, -0.25) is 0 Å². The lowest BCUT2D eigenvalue weighted by Gasteiger charge is -2.35. The summed E-state index contributed by atoms with van der Waals surface area (Å²) < 4.78 is 44.1. The largest absolute Gasteiger partial charge is 0.414 e. The van der Waals surface area contributed by atoms with Crippen molar-refractivity contribution in [1.82, 2.24) is 0 Å². The minimum atomic E-state index is -4.27. The van der Waals surface area contributed by atoms with Crippen LogP contribution < -0.4 is 0 Å². The molecular formula is C21H35F3O. The lowest BCUT2D eigenvalue weighted by molar-refractivity contribution is -0.219. The molecule has 0 aromatic rings. The van der Waals surface area contributed by atoms with E-state index in [4.69, 9.17) is 4.74 Å². The van der Waals surface area contributed by atoms with Crippen molar-refractivity contribution in [2.24, 2.45) is 17.8 Å². The Labute approximate surface area is 151 Å². The van der Waals surface area contributed by atoms with Gasteiger partial charge in [-0.1, -0.05) is 57.6 Å². The number of ether oxygens (including phenoxy) is 1. The maximum Gasteiger partial charge on any atom is 0.414 e. The third-order valence-corrected chi connectivity index (χ3v) is 6.07. The van der Waals surface area contributed by atoms with Gasteiger partial charge in [-0.05, 0) is 49.9 Å². The fourth-order valence-electron chi connectivity index (χ4n) is 4.48. The second-order valence-electron chi connectivity index (χ2n) is 7.99. The van der Waals surface area contributed by atoms with E-state index in [1.165, 1.54) is 44.9 Å². The minimum Gasteiger partial charge on any atom is -0.368 e. The van der Waals surface area contributed by atoms with Gasteiger partial charge in [-0.15, -0.1) is 0 Å². The molecule has 0 aliphatic heterocycles. The first-order chi connectivity index (χ1) is 12.0. The van der Waals surface area contributed by atoms with Crippen molar-refractivity contribution in [3.8, 4) is 0 Å². The highest BCUT2D eigenvalue weighted by Gasteiger charge is 2.39. The van der Waals surface area contributed by atoms with Crippen molar-refractivity contribution < 1.29 is 17.9 Å². The third kappa shape index (κ3) is 7.32. The van der Waals surface area contributed by atoms with E-state index < -0.39 is 12.3 Å². The van der Waals surface area contributed by atoms with E-state index >= 15 is 0 Å². The van der Waals surface area contributed by atoms with Crippen LogP contribution in [0, 0.1) is 17.8 Å². The standard InChI is InChI=1S/C21H35F3O/c1-2-3-16-25-20(21(22,23)24)11-7-8-17-12-14-19(15-13-17)18-9-5-4-6-10-18/h7-8,17-20H,2-6,9-16H2,1H3/t17-,19-,20?. The molecule has 0 aromatic carbocycles. The molecule has 0 aromatic heterocycles. The zero-order valence-corrected chi connectivity index (χ0v) is 15.7. The average Bonchev–Trinajstić information content (AvgIpc) is 2.61. The van der Waals surface area contributed by atoms with E-state index in [1.54, 1.807) is 6.08 Å². The van der Waals surface area contributed by atoms with E-state index in [1.807, 2.05) is 13.0 Å². The molecule has 0 bridgehead atoms. The van der Waals surface area contributed by atoms with Crippen LogP contribution in [-0.4, -0.2) is 18.9 Å². The molecule has 1 unspecified atom stereocenters. The number of alkyl halides is 3. The SMILES string of the molecule is CCCCOC(CC=C[C@H]1CC[C@H](C2CCCCC2)CC1)C(F)(F)F. The van der Waals surface area contributed by atoms with Crippen molar-refractivity contribution in [2.45, 2.75) is 96.3 Å². The van der Waals surface area contributed by atoms with E-state index in [-0.39, 0.29) is 13.0 Å². The monoisotopic (exact) mass is 360 g/mol. The molecule has 1 nitrogen and oxygen atoms in total. The van der Waals surface area contributed by atoms with E-state index in [2.05, 4.69) is 0 Å². The second kappa shape index (κ2) is 10.6. The Balaban J connectivity index is 1.71. The Morgan fingerprint density at radius 3 is 2.20 bits per heavy atom. The van der Waals surface area contributed by atoms with Gasteiger partial charge in [0.1, 0.15) is 0 Å². The van der Waals surface area contributed by atoms with Crippen LogP contribution in [0.4, 0.5) is 13.2 Å². The van der Waals surface area contributed by atoms with Gasteiger partial charge in [0, 0.05) is 13.0 Å². The summed E-state index contributed by atoms with van der Waals surface area (Å²) in [5, 5.41) is 0. The van der Waals surface area contributed by atoms with Gasteiger partial charge >= 0.3 is 6.18 Å². The number of allylic oxidation sites excluding steroid dienone is 1. The predicted molar refractivity (Wildman–Crippen MR) is 96.5 cm³/mol. The summed E-state index contributed by atoms with van der Waals surface area (Å²) >= 11 is 0. The van der Waals surface area contributed by atoms with Gasteiger partial charge in [0.2, 0.25) is 0 Å². The smallest absolute Gasteiger partial charge is 0.368 e. The Morgan fingerprint density at radius 2 is 1.60 bits per heavy atom. The lowest BCUT2D eigenvalue weighted by atomic mass is 9.71. The van der Waals surface area contributed by atoms with Crippen LogP contribution in [0.15, 0.2) is 12.2 Å². The van der Waals surface area contributed by atoms with Crippen molar-refractivity contribution in [3.05, 3.63) is 12.2 Å². The highest BCUT2D eigenvalue weighted by atomic mass is 19.4. The van der Waals surface area contributed by atoms with Crippen LogP contribution in [0.3, 0.4) is 0 Å². The predicted octanol–water partition coefficient (Wildman–Crippen LogP) is 7.07. The molecule has 1 atom stereocenters. The Bertz CT molecular complexity index is 377. The summed E-state index contributed by atoms with van der Waals surface area (Å²) in [7, 11) is 0. The van der Waals surface area contributed by atoms with Gasteiger partial charge in [-0.25, -0.2) is 0 Å². The summed E-state index contributed by atoms with van der Waals surface area (Å²) in [5.74, 6) is 2.25. The fourth-order valence-corrected chi connectivity index (χ4v) is 4.48. The quantitative estimate of drug-likeness (QED) is 0.332. The normalized spacial score (nSPS) is 27.7. The highest BCUT2D eigenvalue weighted by Crippen LogP contribution is 2.40. The topological polar surface area (TPSA) is 9.23 Å². The summed E-state index contributed by atoms with van der Waals surface area (Å²) in [4.78, 5) is 0. The van der Waals surface area contributed by atoms with Gasteiger partial charge in [0.25, 0.3) is 0 Å². The van der Waals surface area contributed by atoms with Gasteiger partial charge in [0.15, 0.2) is 6.10 Å². The first-order valence-electron chi connectivity index (χ1n) is 10.4. The number of rotatable bonds is 8. The van der Waals surface area contributed by atoms with E-state index in [9.17, 15) is 13.2 Å². The number of unbranched alkanes of at least 4 members (excludes halogenated alkanes) is 1. The summed E-state index contributed by atoms with van der Waals surface area (Å²) in [6.45, 7) is 2.15. The Hall–Kier alpha value is -0.510. The van der Waals surface area contributed by atoms with Crippen LogP contribution in [0.25, 0.3) is 0 Å². The van der Waals surface area contributed by atoms with Crippen molar-refractivity contribution >= 4 is 0 Å². The molecular weight excluding hydrogens is 325 g/mol. The second-order valence-corrected chi connectivity index (χ2v) is 7.99. The molecule has 0 spiro atoms. The molecule has 2 rings (SSSR count). The van der Waals surface area contributed by atoms with Gasteiger partial charge in [0.05, 0.1) is 0 Å². The molecule has 0 amide bonds. The van der Waals surface area contributed by atoms with Crippen LogP contribution >= 0.6 is 0 Å². The molecule has 0 radical (unpaired) electrons. The Morgan fingerprint density at radius 1 is 0.960 bits per heavy atom. The molecule has 2 fully saturated rings. The van der Waals surface area contributed by atoms with Crippen LogP contribution in [0.2, 0.25) is 0 Å². The molecule has 0 N–H and O–H groups in total. The van der Waals surface area contributed by atoms with Crippen LogP contribution in [-0.2, 0) is 4.74 Å². The lowest BCUT2D eigenvalue weighted by Crippen LogP contribution is -2.31. The zero-order chi connectivity index (χ0) is 18.1. The highest BCUT2D eigenvalue weighted by molar-refractivity contribution is 4.94. The first kappa shape index (κ1) is 20.8. The van der Waals surface area contributed by atoms with E-state index in [0.717, 1.165) is 31.1 Å². The molecule has 4 heteroatoms. The van der Waals surface area contributed by atoms with Crippen molar-refractivity contribution in [3.63, 3.8) is 0 Å². The first-order valence-corrected chi connectivity index (χ1v) is 10.4. The van der Waals surface area contributed by atoms with Gasteiger partial charge < -0.3 is 4.74 Å². The maximum absolute atomic E-state index is 13.0. The third-order valence-electron chi connectivity index (χ3n) is 6.07. The summed E-state index contributed by atoms with van der Waals surface area (Å²) in [6.07, 6.45) is 11.1. The maximum atomic E-state index is 13.0. The van der Waals surface area contributed by atoms with Crippen LogP contribution in [0.1, 0.15) is 84.0 Å². The molecule has 0 saturated heterocycles. The minimum absolute atomic E-state index is 0.0459. The molecule has 2 saturated carbocycles. The van der Waals surface area contributed by atoms with Crippen molar-refractivity contribution in [2.75, 3.05) is 6.61 Å². The van der Waals surface area contributed by atoms with Crippen LogP contribution in [0.5, 0.6) is 0 Å². The molecule has 2 aliphatic carbocycles. The molecule has 25 heavy (non-hydrogen) atoms. The number of hydrogen-bond donors (Lipinski definition) is 0. The molecule has 146 valence electrons. The number of halogens is 3. The Kier molecular flexibility index (Phi) is 8.81. The molecule has 0 heterocycles. The summed E-state index contributed by atoms with van der Waals surface area (Å²) in [6, 6.07) is 0. The molecule has 2 aliphatic rings. The zero-order valence-electron chi connectivity index (χ0n) is 15.7. The average molecular weight is 361 g/mol. The van der Waals surface area contributed by atoms with Crippen molar-refractivity contribution in [1.29, 1.82) is 0 Å². The fraction of sp³-hybridized carbons (Fsp3) is 0.905. The van der Waals surface area contributed by atoms with Gasteiger partial charge in [-0.2, -0.15) is 13.2 Å². The number of hydrogen-bond acceptors (Lipinski definition) is 1. The summed E-state index contributed by atoms with van der Waals surface area (Å²) in [5.41, 5.74) is 0.